The van der Waals surface area contributed by atoms with Crippen LogP contribution in [0.4, 0.5) is 0 Å². The van der Waals surface area contributed by atoms with E-state index >= 15 is 0 Å². The van der Waals surface area contributed by atoms with E-state index in [-0.39, 0.29) is 5.75 Å². The molecule has 0 aliphatic rings. The second kappa shape index (κ2) is 5.03. The van der Waals surface area contributed by atoms with Gasteiger partial charge in [-0.15, -0.1) is 0 Å². The molecule has 5 heteroatoms. The van der Waals surface area contributed by atoms with Gasteiger partial charge in [0.2, 0.25) is 0 Å². The number of aromatic hydroxyl groups is 1. The van der Waals surface area contributed by atoms with Crippen molar-refractivity contribution in [3.05, 3.63) is 30.1 Å². The molecule has 1 aromatic carbocycles. The first-order valence-corrected chi connectivity index (χ1v) is 6.15. The molecule has 1 aromatic heterocycles. The SMILES string of the molecule is CCSCc1noc(-c2cccc(O)c2)n1. The third kappa shape index (κ3) is 2.55. The summed E-state index contributed by atoms with van der Waals surface area (Å²) in [5.74, 6) is 3.10. The van der Waals surface area contributed by atoms with Crippen LogP contribution in [0.15, 0.2) is 28.8 Å². The highest BCUT2D eigenvalue weighted by atomic mass is 32.2. The lowest BCUT2D eigenvalue weighted by atomic mass is 10.2. The summed E-state index contributed by atoms with van der Waals surface area (Å²) in [6.07, 6.45) is 0. The molecular formula is C11H12N2O2S. The number of hydrogen-bond acceptors (Lipinski definition) is 5. The summed E-state index contributed by atoms with van der Waals surface area (Å²) in [6.45, 7) is 2.08. The highest BCUT2D eigenvalue weighted by Gasteiger charge is 2.08. The highest BCUT2D eigenvalue weighted by molar-refractivity contribution is 7.98. The Kier molecular flexibility index (Phi) is 3.46. The Morgan fingerprint density at radius 2 is 2.31 bits per heavy atom. The zero-order valence-corrected chi connectivity index (χ0v) is 9.70. The van der Waals surface area contributed by atoms with E-state index in [1.807, 2.05) is 6.07 Å². The fraction of sp³-hybridized carbons (Fsp3) is 0.273. The largest absolute Gasteiger partial charge is 0.508 e. The molecular weight excluding hydrogens is 224 g/mol. The van der Waals surface area contributed by atoms with Gasteiger partial charge in [-0.1, -0.05) is 18.1 Å². The van der Waals surface area contributed by atoms with Gasteiger partial charge in [0.15, 0.2) is 5.82 Å². The Morgan fingerprint density at radius 3 is 3.06 bits per heavy atom. The molecule has 0 aliphatic heterocycles. The van der Waals surface area contributed by atoms with Crippen LogP contribution in [0.1, 0.15) is 12.7 Å². The van der Waals surface area contributed by atoms with Crippen molar-refractivity contribution in [2.24, 2.45) is 0 Å². The molecule has 0 atom stereocenters. The van der Waals surface area contributed by atoms with Crippen molar-refractivity contribution in [1.82, 2.24) is 10.1 Å². The van der Waals surface area contributed by atoms with E-state index in [9.17, 15) is 5.11 Å². The van der Waals surface area contributed by atoms with Crippen LogP contribution in [0.3, 0.4) is 0 Å². The molecule has 0 spiro atoms. The Balaban J connectivity index is 2.18. The van der Waals surface area contributed by atoms with Gasteiger partial charge in [0.25, 0.3) is 5.89 Å². The van der Waals surface area contributed by atoms with Crippen LogP contribution in [0, 0.1) is 0 Å². The molecule has 0 saturated carbocycles. The maximum absolute atomic E-state index is 9.33. The summed E-state index contributed by atoms with van der Waals surface area (Å²) in [5, 5.41) is 13.2. The van der Waals surface area contributed by atoms with Crippen LogP contribution < -0.4 is 0 Å². The van der Waals surface area contributed by atoms with E-state index in [0.717, 1.165) is 17.1 Å². The zero-order valence-electron chi connectivity index (χ0n) is 8.88. The molecule has 84 valence electrons. The summed E-state index contributed by atoms with van der Waals surface area (Å²) >= 11 is 1.74. The molecule has 0 amide bonds. The number of aromatic nitrogens is 2. The predicted molar refractivity (Wildman–Crippen MR) is 63.2 cm³/mol. The molecule has 1 N–H and O–H groups in total. The third-order valence-electron chi connectivity index (χ3n) is 2.00. The summed E-state index contributed by atoms with van der Waals surface area (Å²) in [5.41, 5.74) is 0.736. The van der Waals surface area contributed by atoms with Crippen molar-refractivity contribution < 1.29 is 9.63 Å². The fourth-order valence-electron chi connectivity index (χ4n) is 1.26. The lowest BCUT2D eigenvalue weighted by Crippen LogP contribution is -1.84. The number of phenols is 1. The lowest BCUT2D eigenvalue weighted by molar-refractivity contribution is 0.424. The summed E-state index contributed by atoms with van der Waals surface area (Å²) in [7, 11) is 0. The van der Waals surface area contributed by atoms with Gasteiger partial charge in [-0.25, -0.2) is 0 Å². The van der Waals surface area contributed by atoms with E-state index in [1.54, 1.807) is 30.0 Å². The fourth-order valence-corrected chi connectivity index (χ4v) is 1.77. The number of hydrogen-bond donors (Lipinski definition) is 1. The quantitative estimate of drug-likeness (QED) is 0.884. The Labute approximate surface area is 97.7 Å². The molecule has 2 rings (SSSR count). The standard InChI is InChI=1S/C11H12N2O2S/c1-2-16-7-10-12-11(15-13-10)8-4-3-5-9(14)6-8/h3-6,14H,2,7H2,1H3. The average molecular weight is 236 g/mol. The van der Waals surface area contributed by atoms with Crippen molar-refractivity contribution in [1.29, 1.82) is 0 Å². The summed E-state index contributed by atoms with van der Waals surface area (Å²) in [6, 6.07) is 6.78. The molecule has 0 unspecified atom stereocenters. The number of thioether (sulfide) groups is 1. The van der Waals surface area contributed by atoms with E-state index in [0.29, 0.717) is 11.7 Å². The normalized spacial score (nSPS) is 10.6. The van der Waals surface area contributed by atoms with Gasteiger partial charge in [-0.3, -0.25) is 0 Å². The number of nitrogens with zero attached hydrogens (tertiary/aromatic N) is 2. The first kappa shape index (κ1) is 11.0. The van der Waals surface area contributed by atoms with Crippen molar-refractivity contribution in [2.45, 2.75) is 12.7 Å². The Hall–Kier alpha value is -1.49. The van der Waals surface area contributed by atoms with Crippen LogP contribution >= 0.6 is 11.8 Å². The summed E-state index contributed by atoms with van der Waals surface area (Å²) in [4.78, 5) is 4.25. The first-order valence-electron chi connectivity index (χ1n) is 4.99. The molecule has 4 nitrogen and oxygen atoms in total. The van der Waals surface area contributed by atoms with Gasteiger partial charge in [-0.2, -0.15) is 16.7 Å². The number of benzene rings is 1. The number of phenolic OH excluding ortho intramolecular Hbond substituents is 1. The Bertz CT molecular complexity index is 471. The first-order chi connectivity index (χ1) is 7.79. The van der Waals surface area contributed by atoms with Crippen molar-refractivity contribution in [3.8, 4) is 17.2 Å². The average Bonchev–Trinajstić information content (AvgIpc) is 2.75. The smallest absolute Gasteiger partial charge is 0.258 e. The van der Waals surface area contributed by atoms with Crippen molar-refractivity contribution in [3.63, 3.8) is 0 Å². The van der Waals surface area contributed by atoms with Gasteiger partial charge in [0.1, 0.15) is 5.75 Å². The maximum Gasteiger partial charge on any atom is 0.258 e. The van der Waals surface area contributed by atoms with Crippen LogP contribution in [-0.4, -0.2) is 21.0 Å². The molecule has 0 radical (unpaired) electrons. The molecule has 0 fully saturated rings. The molecule has 1 heterocycles. The van der Waals surface area contributed by atoms with E-state index in [4.69, 9.17) is 4.52 Å². The highest BCUT2D eigenvalue weighted by Crippen LogP contribution is 2.22. The lowest BCUT2D eigenvalue weighted by Gasteiger charge is -1.94. The molecule has 0 saturated heterocycles. The van der Waals surface area contributed by atoms with Gasteiger partial charge in [0, 0.05) is 5.56 Å². The monoisotopic (exact) mass is 236 g/mol. The minimum absolute atomic E-state index is 0.195. The topological polar surface area (TPSA) is 59.2 Å². The van der Waals surface area contributed by atoms with E-state index < -0.39 is 0 Å². The molecule has 0 bridgehead atoms. The second-order valence-electron chi connectivity index (χ2n) is 3.20. The van der Waals surface area contributed by atoms with E-state index in [1.165, 1.54) is 0 Å². The van der Waals surface area contributed by atoms with Crippen molar-refractivity contribution >= 4 is 11.8 Å². The predicted octanol–water partition coefficient (Wildman–Crippen LogP) is 2.70. The Morgan fingerprint density at radius 1 is 1.44 bits per heavy atom. The van der Waals surface area contributed by atoms with Gasteiger partial charge in [0.05, 0.1) is 5.75 Å². The van der Waals surface area contributed by atoms with Gasteiger partial charge in [-0.05, 0) is 24.0 Å². The molecule has 16 heavy (non-hydrogen) atoms. The van der Waals surface area contributed by atoms with Crippen LogP contribution in [-0.2, 0) is 5.75 Å². The number of rotatable bonds is 4. The zero-order chi connectivity index (χ0) is 11.4. The van der Waals surface area contributed by atoms with Crippen molar-refractivity contribution in [2.75, 3.05) is 5.75 Å². The van der Waals surface area contributed by atoms with E-state index in [2.05, 4.69) is 17.1 Å². The van der Waals surface area contributed by atoms with Gasteiger partial charge >= 0.3 is 0 Å². The maximum atomic E-state index is 9.33. The van der Waals surface area contributed by atoms with Crippen LogP contribution in [0.2, 0.25) is 0 Å². The third-order valence-corrected chi connectivity index (χ3v) is 2.87. The van der Waals surface area contributed by atoms with Crippen LogP contribution in [0.25, 0.3) is 11.5 Å². The minimum Gasteiger partial charge on any atom is -0.508 e. The molecule has 0 aliphatic carbocycles. The summed E-state index contributed by atoms with van der Waals surface area (Å²) < 4.78 is 5.12. The van der Waals surface area contributed by atoms with Crippen LogP contribution in [0.5, 0.6) is 5.75 Å². The van der Waals surface area contributed by atoms with Gasteiger partial charge < -0.3 is 9.63 Å². The molecule has 2 aromatic rings. The second-order valence-corrected chi connectivity index (χ2v) is 4.48. The minimum atomic E-state index is 0.195.